The zero-order valence-electron chi connectivity index (χ0n) is 8.93. The smallest absolute Gasteiger partial charge is 0.0510 e. The minimum absolute atomic E-state index is 0.662. The zero-order chi connectivity index (χ0) is 9.68. The molecule has 1 fully saturated rings. The first-order valence-electron chi connectivity index (χ1n) is 5.15. The summed E-state index contributed by atoms with van der Waals surface area (Å²) in [6.45, 7) is 7.91. The minimum Gasteiger partial charge on any atom is -0.390 e. The standard InChI is InChI=1S/C10H21N3/c1-4-9(11-3)6-12-10-7-13(5-2)8-10/h6,10-12H,4-5,7-8H2,1-3H3/b9-6-. The molecule has 0 saturated carbocycles. The lowest BCUT2D eigenvalue weighted by Gasteiger charge is -2.38. The van der Waals surface area contributed by atoms with Crippen molar-refractivity contribution < 1.29 is 0 Å². The first kappa shape index (κ1) is 10.4. The maximum absolute atomic E-state index is 3.42. The van der Waals surface area contributed by atoms with E-state index in [4.69, 9.17) is 0 Å². The zero-order valence-corrected chi connectivity index (χ0v) is 8.93. The van der Waals surface area contributed by atoms with Gasteiger partial charge in [-0.1, -0.05) is 13.8 Å². The molecule has 0 aromatic heterocycles. The van der Waals surface area contributed by atoms with Crippen molar-refractivity contribution in [2.24, 2.45) is 0 Å². The van der Waals surface area contributed by atoms with Crippen molar-refractivity contribution in [2.45, 2.75) is 26.3 Å². The van der Waals surface area contributed by atoms with Gasteiger partial charge in [-0.05, 0) is 13.0 Å². The van der Waals surface area contributed by atoms with Crippen molar-refractivity contribution in [3.63, 3.8) is 0 Å². The van der Waals surface area contributed by atoms with Gasteiger partial charge in [0.25, 0.3) is 0 Å². The Balaban J connectivity index is 2.16. The molecule has 0 radical (unpaired) electrons. The Labute approximate surface area is 81.2 Å². The quantitative estimate of drug-likeness (QED) is 0.658. The van der Waals surface area contributed by atoms with Gasteiger partial charge in [-0.15, -0.1) is 0 Å². The van der Waals surface area contributed by atoms with Gasteiger partial charge < -0.3 is 10.6 Å². The van der Waals surface area contributed by atoms with Crippen LogP contribution in [-0.2, 0) is 0 Å². The SMILES string of the molecule is CC/C(=C/NC1CN(CC)C1)NC. The molecule has 2 N–H and O–H groups in total. The van der Waals surface area contributed by atoms with Crippen molar-refractivity contribution in [3.8, 4) is 0 Å². The Morgan fingerprint density at radius 2 is 2.15 bits per heavy atom. The Bertz CT molecular complexity index is 165. The summed E-state index contributed by atoms with van der Waals surface area (Å²) in [4.78, 5) is 2.43. The highest BCUT2D eigenvalue weighted by atomic mass is 15.2. The molecule has 0 aromatic carbocycles. The van der Waals surface area contributed by atoms with Gasteiger partial charge >= 0.3 is 0 Å². The number of allylic oxidation sites excluding steroid dienone is 1. The predicted octanol–water partition coefficient (Wildman–Crippen LogP) is 0.751. The van der Waals surface area contributed by atoms with Gasteiger partial charge in [-0.2, -0.15) is 0 Å². The lowest BCUT2D eigenvalue weighted by atomic mass is 10.1. The van der Waals surface area contributed by atoms with Crippen LogP contribution in [0.3, 0.4) is 0 Å². The van der Waals surface area contributed by atoms with E-state index in [9.17, 15) is 0 Å². The van der Waals surface area contributed by atoms with Crippen LogP contribution < -0.4 is 10.6 Å². The van der Waals surface area contributed by atoms with Crippen LogP contribution in [0.5, 0.6) is 0 Å². The van der Waals surface area contributed by atoms with E-state index in [0.29, 0.717) is 6.04 Å². The molecular weight excluding hydrogens is 162 g/mol. The molecule has 0 unspecified atom stereocenters. The summed E-state index contributed by atoms with van der Waals surface area (Å²) in [5.41, 5.74) is 1.27. The third-order valence-corrected chi connectivity index (χ3v) is 2.60. The molecule has 0 bridgehead atoms. The maximum atomic E-state index is 3.42. The number of likely N-dealkylation sites (N-methyl/N-ethyl adjacent to an activating group) is 1. The topological polar surface area (TPSA) is 27.3 Å². The van der Waals surface area contributed by atoms with E-state index in [1.54, 1.807) is 0 Å². The largest absolute Gasteiger partial charge is 0.390 e. The van der Waals surface area contributed by atoms with E-state index in [0.717, 1.165) is 6.42 Å². The van der Waals surface area contributed by atoms with Crippen LogP contribution in [0.15, 0.2) is 11.9 Å². The third-order valence-electron chi connectivity index (χ3n) is 2.60. The molecule has 13 heavy (non-hydrogen) atoms. The summed E-state index contributed by atoms with van der Waals surface area (Å²) in [6.07, 6.45) is 3.17. The predicted molar refractivity (Wildman–Crippen MR) is 56.5 cm³/mol. The van der Waals surface area contributed by atoms with Gasteiger partial charge in [-0.25, -0.2) is 0 Å². The van der Waals surface area contributed by atoms with Crippen molar-refractivity contribution in [3.05, 3.63) is 11.9 Å². The average Bonchev–Trinajstić information content (AvgIpc) is 2.09. The van der Waals surface area contributed by atoms with E-state index in [2.05, 4.69) is 35.6 Å². The normalized spacial score (nSPS) is 19.8. The highest BCUT2D eigenvalue weighted by Crippen LogP contribution is 2.06. The Kier molecular flexibility index (Phi) is 4.09. The minimum atomic E-state index is 0.662. The average molecular weight is 183 g/mol. The van der Waals surface area contributed by atoms with E-state index >= 15 is 0 Å². The molecule has 0 atom stereocenters. The summed E-state index contributed by atoms with van der Waals surface area (Å²) in [6, 6.07) is 0.662. The maximum Gasteiger partial charge on any atom is 0.0510 e. The van der Waals surface area contributed by atoms with Gasteiger partial charge in [0, 0.05) is 32.0 Å². The number of hydrogen-bond acceptors (Lipinski definition) is 3. The van der Waals surface area contributed by atoms with Gasteiger partial charge in [0.1, 0.15) is 0 Å². The number of nitrogens with one attached hydrogen (secondary N) is 2. The van der Waals surface area contributed by atoms with Crippen molar-refractivity contribution in [1.82, 2.24) is 15.5 Å². The summed E-state index contributed by atoms with van der Waals surface area (Å²) in [7, 11) is 1.97. The molecule has 0 spiro atoms. The lowest BCUT2D eigenvalue weighted by molar-refractivity contribution is 0.143. The summed E-state index contributed by atoms with van der Waals surface area (Å²) < 4.78 is 0. The number of nitrogens with zero attached hydrogens (tertiary/aromatic N) is 1. The fourth-order valence-electron chi connectivity index (χ4n) is 1.50. The number of hydrogen-bond donors (Lipinski definition) is 2. The molecule has 1 saturated heterocycles. The molecule has 1 rings (SSSR count). The Morgan fingerprint density at radius 1 is 1.46 bits per heavy atom. The fourth-order valence-corrected chi connectivity index (χ4v) is 1.50. The van der Waals surface area contributed by atoms with Gasteiger partial charge in [0.2, 0.25) is 0 Å². The number of rotatable bonds is 5. The Morgan fingerprint density at radius 3 is 2.62 bits per heavy atom. The molecule has 1 aliphatic rings. The van der Waals surface area contributed by atoms with Crippen molar-refractivity contribution in [2.75, 3.05) is 26.7 Å². The molecule has 0 aromatic rings. The van der Waals surface area contributed by atoms with Crippen LogP contribution in [0.25, 0.3) is 0 Å². The highest BCUT2D eigenvalue weighted by Gasteiger charge is 2.23. The summed E-state index contributed by atoms with van der Waals surface area (Å²) in [5, 5.41) is 6.58. The van der Waals surface area contributed by atoms with Crippen LogP contribution in [0.1, 0.15) is 20.3 Å². The monoisotopic (exact) mass is 183 g/mol. The van der Waals surface area contributed by atoms with Gasteiger partial charge in [0.05, 0.1) is 6.04 Å². The second kappa shape index (κ2) is 5.12. The van der Waals surface area contributed by atoms with E-state index < -0.39 is 0 Å². The van der Waals surface area contributed by atoms with E-state index in [-0.39, 0.29) is 0 Å². The first-order valence-corrected chi connectivity index (χ1v) is 5.15. The highest BCUT2D eigenvalue weighted by molar-refractivity contribution is 4.99. The van der Waals surface area contributed by atoms with E-state index in [1.807, 2.05) is 7.05 Å². The van der Waals surface area contributed by atoms with E-state index in [1.165, 1.54) is 25.3 Å². The Hall–Kier alpha value is -0.700. The van der Waals surface area contributed by atoms with Crippen LogP contribution in [0, 0.1) is 0 Å². The molecule has 0 amide bonds. The molecule has 0 aliphatic carbocycles. The fraction of sp³-hybridized carbons (Fsp3) is 0.800. The molecule has 76 valence electrons. The van der Waals surface area contributed by atoms with Crippen LogP contribution in [-0.4, -0.2) is 37.6 Å². The lowest BCUT2D eigenvalue weighted by Crippen LogP contribution is -2.56. The number of likely N-dealkylation sites (tertiary alicyclic amines) is 1. The second-order valence-corrected chi connectivity index (χ2v) is 3.49. The molecule has 1 aliphatic heterocycles. The van der Waals surface area contributed by atoms with Crippen LogP contribution in [0.2, 0.25) is 0 Å². The second-order valence-electron chi connectivity index (χ2n) is 3.49. The molecule has 3 heteroatoms. The first-order chi connectivity index (χ1) is 6.30. The molecular formula is C10H21N3. The van der Waals surface area contributed by atoms with Gasteiger partial charge in [-0.3, -0.25) is 4.90 Å². The van der Waals surface area contributed by atoms with Gasteiger partial charge in [0.15, 0.2) is 0 Å². The molecule has 3 nitrogen and oxygen atoms in total. The van der Waals surface area contributed by atoms with Crippen molar-refractivity contribution >= 4 is 0 Å². The van der Waals surface area contributed by atoms with Crippen molar-refractivity contribution in [1.29, 1.82) is 0 Å². The summed E-state index contributed by atoms with van der Waals surface area (Å²) in [5.74, 6) is 0. The molecule has 1 heterocycles. The van der Waals surface area contributed by atoms with Crippen LogP contribution in [0.4, 0.5) is 0 Å². The third kappa shape index (κ3) is 2.92. The summed E-state index contributed by atoms with van der Waals surface area (Å²) >= 11 is 0. The van der Waals surface area contributed by atoms with Crippen LogP contribution >= 0.6 is 0 Å².